The summed E-state index contributed by atoms with van der Waals surface area (Å²) in [5, 5.41) is 9.93. The van der Waals surface area contributed by atoms with E-state index in [1.165, 1.54) is 18.4 Å². The third kappa shape index (κ3) is 4.06. The van der Waals surface area contributed by atoms with Crippen LogP contribution in [0.4, 0.5) is 0 Å². The molecule has 1 aromatic rings. The molecule has 2 rings (SSSR count). The molecule has 2 heterocycles. The highest BCUT2D eigenvalue weighted by molar-refractivity contribution is 5.17. The average Bonchev–Trinajstić information content (AvgIpc) is 2.48. The highest BCUT2D eigenvalue weighted by Crippen LogP contribution is 2.29. The van der Waals surface area contributed by atoms with E-state index in [1.807, 2.05) is 25.4 Å². The quantitative estimate of drug-likeness (QED) is 0.860. The average molecular weight is 272 g/mol. The first-order valence-electron chi connectivity index (χ1n) is 7.49. The van der Waals surface area contributed by atoms with Gasteiger partial charge in [-0.1, -0.05) is 31.3 Å². The molecule has 1 fully saturated rings. The van der Waals surface area contributed by atoms with Crippen molar-refractivity contribution in [1.82, 2.24) is 9.88 Å². The van der Waals surface area contributed by atoms with Crippen LogP contribution in [-0.4, -0.2) is 33.7 Å². The molecule has 108 valence electrons. The molecule has 1 aromatic heterocycles. The van der Waals surface area contributed by atoms with E-state index in [0.29, 0.717) is 12.5 Å². The first-order chi connectivity index (χ1) is 9.62. The summed E-state index contributed by atoms with van der Waals surface area (Å²) in [6, 6.07) is 4.56. The fourth-order valence-electron chi connectivity index (χ4n) is 2.55. The van der Waals surface area contributed by atoms with Crippen molar-refractivity contribution in [2.24, 2.45) is 0 Å². The maximum Gasteiger partial charge on any atom is 0.122 e. The second-order valence-corrected chi connectivity index (χ2v) is 5.70. The number of aromatic nitrogens is 1. The van der Waals surface area contributed by atoms with Gasteiger partial charge in [0.2, 0.25) is 0 Å². The summed E-state index contributed by atoms with van der Waals surface area (Å²) in [7, 11) is 0. The molecule has 1 aliphatic heterocycles. The number of piperidine rings is 1. The summed E-state index contributed by atoms with van der Waals surface area (Å²) in [5.41, 5.74) is 0.413. The van der Waals surface area contributed by atoms with Gasteiger partial charge < -0.3 is 5.11 Å². The normalized spacial score (nSPS) is 22.6. The number of pyridine rings is 1. The predicted octanol–water partition coefficient (Wildman–Crippen LogP) is 2.77. The lowest BCUT2D eigenvalue weighted by Gasteiger charge is -2.34. The van der Waals surface area contributed by atoms with Gasteiger partial charge in [0.1, 0.15) is 5.60 Å². The van der Waals surface area contributed by atoms with Crippen LogP contribution in [0.15, 0.2) is 24.5 Å². The van der Waals surface area contributed by atoms with Crippen molar-refractivity contribution in [2.75, 3.05) is 13.1 Å². The largest absolute Gasteiger partial charge is 0.378 e. The first-order valence-corrected chi connectivity index (χ1v) is 7.49. The van der Waals surface area contributed by atoms with Crippen LogP contribution < -0.4 is 0 Å². The van der Waals surface area contributed by atoms with E-state index in [4.69, 9.17) is 0 Å². The van der Waals surface area contributed by atoms with E-state index in [-0.39, 0.29) is 0 Å². The zero-order valence-electron chi connectivity index (χ0n) is 12.5. The van der Waals surface area contributed by atoms with Gasteiger partial charge in [0.05, 0.1) is 6.54 Å². The molecule has 0 saturated carbocycles. The molecule has 20 heavy (non-hydrogen) atoms. The third-order valence-electron chi connectivity index (χ3n) is 4.01. The SMILES string of the molecule is CC[C@@](C)(O)C#CCN1CCCC[C@H]1c1cccnc1. The number of hydrogen-bond donors (Lipinski definition) is 1. The van der Waals surface area contributed by atoms with Crippen molar-refractivity contribution in [2.45, 2.75) is 51.2 Å². The Kier molecular flexibility index (Phi) is 5.17. The third-order valence-corrected chi connectivity index (χ3v) is 4.01. The molecular weight excluding hydrogens is 248 g/mol. The second kappa shape index (κ2) is 6.88. The Hall–Kier alpha value is -1.37. The van der Waals surface area contributed by atoms with Gasteiger partial charge in [-0.05, 0) is 44.4 Å². The van der Waals surface area contributed by atoms with E-state index in [9.17, 15) is 5.11 Å². The molecule has 1 saturated heterocycles. The smallest absolute Gasteiger partial charge is 0.122 e. The van der Waals surface area contributed by atoms with Gasteiger partial charge in [-0.2, -0.15) is 0 Å². The number of likely N-dealkylation sites (tertiary alicyclic amines) is 1. The van der Waals surface area contributed by atoms with Gasteiger partial charge in [0.25, 0.3) is 0 Å². The standard InChI is InChI=1S/C17H24N2O/c1-3-17(2,20)10-7-13-19-12-5-4-9-16(19)15-8-6-11-18-14-15/h6,8,11,14,16,20H,3-5,9,12-13H2,1-2H3/t16-,17+/m0/s1. The molecule has 0 unspecified atom stereocenters. The lowest BCUT2D eigenvalue weighted by molar-refractivity contribution is 0.117. The Morgan fingerprint density at radius 1 is 1.50 bits per heavy atom. The molecule has 0 spiro atoms. The van der Waals surface area contributed by atoms with Gasteiger partial charge in [0.15, 0.2) is 0 Å². The zero-order valence-corrected chi connectivity index (χ0v) is 12.5. The Morgan fingerprint density at radius 3 is 3.05 bits per heavy atom. The van der Waals surface area contributed by atoms with Crippen LogP contribution >= 0.6 is 0 Å². The Labute approximate surface area is 122 Å². The number of nitrogens with zero attached hydrogens (tertiary/aromatic N) is 2. The molecule has 1 N–H and O–H groups in total. The zero-order chi connectivity index (χ0) is 14.4. The Morgan fingerprint density at radius 2 is 2.35 bits per heavy atom. The molecule has 3 nitrogen and oxygen atoms in total. The molecule has 0 amide bonds. The van der Waals surface area contributed by atoms with Crippen LogP contribution in [-0.2, 0) is 0 Å². The molecular formula is C17H24N2O. The van der Waals surface area contributed by atoms with Crippen LogP contribution in [0.5, 0.6) is 0 Å². The highest BCUT2D eigenvalue weighted by Gasteiger charge is 2.23. The molecule has 2 atom stereocenters. The summed E-state index contributed by atoms with van der Waals surface area (Å²) in [4.78, 5) is 6.63. The molecule has 1 aliphatic rings. The summed E-state index contributed by atoms with van der Waals surface area (Å²) < 4.78 is 0. The molecule has 0 bridgehead atoms. The topological polar surface area (TPSA) is 36.4 Å². The van der Waals surface area contributed by atoms with Crippen LogP contribution in [0.25, 0.3) is 0 Å². The Balaban J connectivity index is 2.05. The van der Waals surface area contributed by atoms with Crippen molar-refractivity contribution in [3.8, 4) is 11.8 Å². The molecule has 3 heteroatoms. The minimum atomic E-state index is -0.862. The van der Waals surface area contributed by atoms with Crippen LogP contribution in [0.1, 0.15) is 51.1 Å². The van der Waals surface area contributed by atoms with E-state index in [0.717, 1.165) is 19.5 Å². The van der Waals surface area contributed by atoms with Gasteiger partial charge in [0, 0.05) is 18.4 Å². The van der Waals surface area contributed by atoms with Crippen molar-refractivity contribution >= 4 is 0 Å². The van der Waals surface area contributed by atoms with Crippen LogP contribution in [0.2, 0.25) is 0 Å². The first kappa shape index (κ1) is 15.0. The maximum absolute atomic E-state index is 9.93. The lowest BCUT2D eigenvalue weighted by atomic mass is 9.96. The van der Waals surface area contributed by atoms with Crippen molar-refractivity contribution < 1.29 is 5.11 Å². The minimum Gasteiger partial charge on any atom is -0.378 e. The van der Waals surface area contributed by atoms with E-state index < -0.39 is 5.60 Å². The van der Waals surface area contributed by atoms with Crippen molar-refractivity contribution in [3.05, 3.63) is 30.1 Å². The number of aliphatic hydroxyl groups is 1. The van der Waals surface area contributed by atoms with E-state index >= 15 is 0 Å². The predicted molar refractivity (Wildman–Crippen MR) is 81.1 cm³/mol. The summed E-state index contributed by atoms with van der Waals surface area (Å²) in [6.45, 7) is 5.51. The molecule has 0 aromatic carbocycles. The van der Waals surface area contributed by atoms with Gasteiger partial charge in [-0.3, -0.25) is 9.88 Å². The fourth-order valence-corrected chi connectivity index (χ4v) is 2.55. The lowest BCUT2D eigenvalue weighted by Crippen LogP contribution is -2.34. The van der Waals surface area contributed by atoms with Gasteiger partial charge >= 0.3 is 0 Å². The minimum absolute atomic E-state index is 0.415. The summed E-state index contributed by atoms with van der Waals surface area (Å²) in [6.07, 6.45) is 8.08. The number of hydrogen-bond acceptors (Lipinski definition) is 3. The molecule has 0 radical (unpaired) electrons. The van der Waals surface area contributed by atoms with Gasteiger partial charge in [-0.25, -0.2) is 0 Å². The van der Waals surface area contributed by atoms with E-state index in [2.05, 4.69) is 27.8 Å². The Bertz CT molecular complexity index is 473. The fraction of sp³-hybridized carbons (Fsp3) is 0.588. The van der Waals surface area contributed by atoms with Crippen molar-refractivity contribution in [1.29, 1.82) is 0 Å². The van der Waals surface area contributed by atoms with E-state index in [1.54, 1.807) is 6.92 Å². The summed E-state index contributed by atoms with van der Waals surface area (Å²) in [5.74, 6) is 6.13. The second-order valence-electron chi connectivity index (χ2n) is 5.70. The monoisotopic (exact) mass is 272 g/mol. The molecule has 0 aliphatic carbocycles. The van der Waals surface area contributed by atoms with Crippen molar-refractivity contribution in [3.63, 3.8) is 0 Å². The van der Waals surface area contributed by atoms with Crippen LogP contribution in [0.3, 0.4) is 0 Å². The van der Waals surface area contributed by atoms with Crippen LogP contribution in [0, 0.1) is 11.8 Å². The number of rotatable bonds is 3. The van der Waals surface area contributed by atoms with Gasteiger partial charge in [-0.15, -0.1) is 0 Å². The highest BCUT2D eigenvalue weighted by atomic mass is 16.3. The summed E-state index contributed by atoms with van der Waals surface area (Å²) >= 11 is 0. The maximum atomic E-state index is 9.93.